The van der Waals surface area contributed by atoms with Crippen LogP contribution in [0.1, 0.15) is 19.3 Å². The van der Waals surface area contributed by atoms with Crippen molar-refractivity contribution >= 4 is 10.9 Å². The van der Waals surface area contributed by atoms with Gasteiger partial charge in [-0.25, -0.2) is 4.98 Å². The molecule has 0 unspecified atom stereocenters. The molecule has 3 aromatic rings. The van der Waals surface area contributed by atoms with Gasteiger partial charge in [0.05, 0.1) is 11.8 Å². The molecule has 1 fully saturated rings. The second-order valence-electron chi connectivity index (χ2n) is 5.71. The monoisotopic (exact) mass is 294 g/mol. The highest BCUT2D eigenvalue weighted by Gasteiger charge is 2.13. The zero-order valence-corrected chi connectivity index (χ0v) is 12.4. The number of rotatable bonds is 2. The van der Waals surface area contributed by atoms with Crippen LogP contribution >= 0.6 is 0 Å². The maximum absolute atomic E-state index is 12.2. The molecular weight excluding hydrogens is 276 g/mol. The van der Waals surface area contributed by atoms with Crippen molar-refractivity contribution in [3.05, 3.63) is 59.4 Å². The van der Waals surface area contributed by atoms with Gasteiger partial charge in [-0.2, -0.15) is 0 Å². The molecule has 0 N–H and O–H groups in total. The van der Waals surface area contributed by atoms with Crippen LogP contribution in [0.25, 0.3) is 16.6 Å². The lowest BCUT2D eigenvalue weighted by atomic mass is 10.1. The summed E-state index contributed by atoms with van der Waals surface area (Å²) in [5.41, 5.74) is 2.04. The van der Waals surface area contributed by atoms with Crippen molar-refractivity contribution < 1.29 is 0 Å². The van der Waals surface area contributed by atoms with Crippen LogP contribution in [0.3, 0.4) is 0 Å². The lowest BCUT2D eigenvalue weighted by Crippen LogP contribution is -2.39. The van der Waals surface area contributed by atoms with E-state index in [1.54, 1.807) is 18.6 Å². The van der Waals surface area contributed by atoms with Gasteiger partial charge in [0, 0.05) is 48.8 Å². The van der Waals surface area contributed by atoms with Gasteiger partial charge in [0.1, 0.15) is 0 Å². The van der Waals surface area contributed by atoms with Crippen LogP contribution in [-0.4, -0.2) is 27.3 Å². The third kappa shape index (κ3) is 2.19. The Kier molecular flexibility index (Phi) is 3.18. The van der Waals surface area contributed by atoms with Crippen LogP contribution in [0, 0.1) is 0 Å². The van der Waals surface area contributed by atoms with E-state index in [0.717, 1.165) is 29.7 Å². The second-order valence-corrected chi connectivity index (χ2v) is 5.71. The van der Waals surface area contributed by atoms with Crippen molar-refractivity contribution in [3.8, 4) is 5.69 Å². The first-order chi connectivity index (χ1) is 10.8. The topological polar surface area (TPSA) is 43.1 Å². The van der Waals surface area contributed by atoms with Gasteiger partial charge in [-0.05, 0) is 37.5 Å². The number of piperidine rings is 1. The van der Waals surface area contributed by atoms with Gasteiger partial charge < -0.3 is 9.58 Å². The summed E-state index contributed by atoms with van der Waals surface area (Å²) in [5, 5.41) is 3.08. The van der Waals surface area contributed by atoms with Gasteiger partial charge in [0.25, 0.3) is 0 Å². The van der Waals surface area contributed by atoms with Gasteiger partial charge in [-0.3, -0.25) is 9.47 Å². The molecule has 112 valence electrons. The molecule has 0 spiro atoms. The minimum absolute atomic E-state index is 0.0699. The lowest BCUT2D eigenvalue weighted by Gasteiger charge is -2.32. The molecule has 0 radical (unpaired) electrons. The molecule has 1 aromatic carbocycles. The van der Waals surface area contributed by atoms with E-state index in [-0.39, 0.29) is 5.43 Å². The van der Waals surface area contributed by atoms with E-state index in [4.69, 9.17) is 0 Å². The molecule has 0 aliphatic carbocycles. The molecule has 0 saturated carbocycles. The zero-order valence-electron chi connectivity index (χ0n) is 12.4. The smallest absolute Gasteiger partial charge is 0.189 e. The molecule has 0 atom stereocenters. The molecule has 5 nitrogen and oxygen atoms in total. The fourth-order valence-electron chi connectivity index (χ4n) is 3.14. The summed E-state index contributed by atoms with van der Waals surface area (Å²) < 4.78 is 4.09. The van der Waals surface area contributed by atoms with Crippen molar-refractivity contribution in [2.75, 3.05) is 18.1 Å². The van der Waals surface area contributed by atoms with Gasteiger partial charge >= 0.3 is 0 Å². The summed E-state index contributed by atoms with van der Waals surface area (Å²) in [6.07, 6.45) is 11.0. The van der Waals surface area contributed by atoms with E-state index < -0.39 is 0 Å². The molecule has 2 aromatic heterocycles. The van der Waals surface area contributed by atoms with Crippen LogP contribution < -0.4 is 10.4 Å². The Morgan fingerprint density at radius 3 is 2.64 bits per heavy atom. The number of benzene rings is 1. The van der Waals surface area contributed by atoms with Gasteiger partial charge in [0.15, 0.2) is 5.43 Å². The average Bonchev–Trinajstić information content (AvgIpc) is 3.10. The number of aromatic nitrogens is 3. The molecule has 1 aliphatic heterocycles. The first-order valence-electron chi connectivity index (χ1n) is 7.72. The number of hydrogen-bond donors (Lipinski definition) is 0. The third-order valence-corrected chi connectivity index (χ3v) is 4.30. The van der Waals surface area contributed by atoms with Crippen LogP contribution in [-0.2, 0) is 0 Å². The van der Waals surface area contributed by atoms with E-state index in [9.17, 15) is 4.79 Å². The SMILES string of the molecule is O=c1ccn(N2CCCCC2)c2cc(-n3ccnc3)ccc12. The Morgan fingerprint density at radius 2 is 1.86 bits per heavy atom. The summed E-state index contributed by atoms with van der Waals surface area (Å²) in [6, 6.07) is 7.60. The molecule has 4 rings (SSSR count). The number of imidazole rings is 1. The van der Waals surface area contributed by atoms with E-state index >= 15 is 0 Å². The van der Waals surface area contributed by atoms with Crippen molar-refractivity contribution in [3.63, 3.8) is 0 Å². The number of hydrogen-bond acceptors (Lipinski definition) is 3. The molecule has 22 heavy (non-hydrogen) atoms. The van der Waals surface area contributed by atoms with Gasteiger partial charge in [0.2, 0.25) is 0 Å². The number of fused-ring (bicyclic) bond motifs is 1. The second kappa shape index (κ2) is 5.33. The normalized spacial score (nSPS) is 15.4. The minimum atomic E-state index is 0.0699. The van der Waals surface area contributed by atoms with Crippen molar-refractivity contribution in [1.82, 2.24) is 14.2 Å². The van der Waals surface area contributed by atoms with E-state index in [1.807, 2.05) is 29.1 Å². The predicted molar refractivity (Wildman–Crippen MR) is 87.1 cm³/mol. The highest BCUT2D eigenvalue weighted by molar-refractivity contribution is 5.81. The predicted octanol–water partition coefficient (Wildman–Crippen LogP) is 2.31. The molecule has 0 bridgehead atoms. The fourth-order valence-corrected chi connectivity index (χ4v) is 3.14. The standard InChI is InChI=1S/C17H18N4O/c22-17-6-10-21(20-8-2-1-3-9-20)16-12-14(4-5-15(16)17)19-11-7-18-13-19/h4-7,10-13H,1-3,8-9H2. The van der Waals surface area contributed by atoms with Crippen LogP contribution in [0.5, 0.6) is 0 Å². The minimum Gasteiger partial charge on any atom is -0.313 e. The van der Waals surface area contributed by atoms with E-state index in [2.05, 4.69) is 20.7 Å². The maximum atomic E-state index is 12.2. The largest absolute Gasteiger partial charge is 0.313 e. The summed E-state index contributed by atoms with van der Waals surface area (Å²) >= 11 is 0. The van der Waals surface area contributed by atoms with Crippen LogP contribution in [0.15, 0.2) is 54.0 Å². The summed E-state index contributed by atoms with van der Waals surface area (Å²) in [4.78, 5) is 16.3. The third-order valence-electron chi connectivity index (χ3n) is 4.30. The number of pyridine rings is 1. The van der Waals surface area contributed by atoms with Gasteiger partial charge in [-0.15, -0.1) is 0 Å². The lowest BCUT2D eigenvalue weighted by molar-refractivity contribution is 0.485. The summed E-state index contributed by atoms with van der Waals surface area (Å²) in [7, 11) is 0. The first kappa shape index (κ1) is 13.1. The molecule has 5 heteroatoms. The number of nitrogens with zero attached hydrogens (tertiary/aromatic N) is 4. The molecule has 1 saturated heterocycles. The highest BCUT2D eigenvalue weighted by atomic mass is 16.1. The van der Waals surface area contributed by atoms with Crippen LogP contribution in [0.4, 0.5) is 0 Å². The quantitative estimate of drug-likeness (QED) is 0.728. The van der Waals surface area contributed by atoms with Crippen molar-refractivity contribution in [2.24, 2.45) is 0 Å². The fraction of sp³-hybridized carbons (Fsp3) is 0.294. The molecule has 0 amide bonds. The maximum Gasteiger partial charge on any atom is 0.189 e. The average molecular weight is 294 g/mol. The van der Waals surface area contributed by atoms with Gasteiger partial charge in [-0.1, -0.05) is 0 Å². The Hall–Kier alpha value is -2.56. The van der Waals surface area contributed by atoms with E-state index in [1.165, 1.54) is 19.3 Å². The Bertz CT molecular complexity index is 845. The Morgan fingerprint density at radius 1 is 1.00 bits per heavy atom. The van der Waals surface area contributed by atoms with Crippen molar-refractivity contribution in [1.29, 1.82) is 0 Å². The van der Waals surface area contributed by atoms with E-state index in [0.29, 0.717) is 0 Å². The first-order valence-corrected chi connectivity index (χ1v) is 7.72. The molecule has 1 aliphatic rings. The van der Waals surface area contributed by atoms with Crippen molar-refractivity contribution in [2.45, 2.75) is 19.3 Å². The summed E-state index contributed by atoms with van der Waals surface area (Å²) in [5.74, 6) is 0. The highest BCUT2D eigenvalue weighted by Crippen LogP contribution is 2.18. The molecular formula is C17H18N4O. The Labute approximate surface area is 128 Å². The molecule has 3 heterocycles. The zero-order chi connectivity index (χ0) is 14.9. The Balaban J connectivity index is 1.90. The summed E-state index contributed by atoms with van der Waals surface area (Å²) in [6.45, 7) is 2.07. The van der Waals surface area contributed by atoms with Crippen LogP contribution in [0.2, 0.25) is 0 Å².